The summed E-state index contributed by atoms with van der Waals surface area (Å²) in [6.07, 6.45) is 1.67. The van der Waals surface area contributed by atoms with Gasteiger partial charge in [-0.3, -0.25) is 4.79 Å². The highest BCUT2D eigenvalue weighted by atomic mass is 16.5. The molecule has 2 aromatic rings. The summed E-state index contributed by atoms with van der Waals surface area (Å²) in [4.78, 5) is 18.2. The van der Waals surface area contributed by atoms with Crippen molar-refractivity contribution in [2.24, 2.45) is 0 Å². The molecular formula is C17H21N3O2. The van der Waals surface area contributed by atoms with Crippen LogP contribution < -0.4 is 5.32 Å². The van der Waals surface area contributed by atoms with Crippen molar-refractivity contribution in [3.8, 4) is 0 Å². The van der Waals surface area contributed by atoms with E-state index in [0.717, 1.165) is 11.3 Å². The third kappa shape index (κ3) is 4.56. The van der Waals surface area contributed by atoms with E-state index in [-0.39, 0.29) is 5.91 Å². The number of nitrogens with zero attached hydrogens (tertiary/aromatic N) is 2. The van der Waals surface area contributed by atoms with Crippen molar-refractivity contribution >= 4 is 11.6 Å². The largest absolute Gasteiger partial charge is 0.383 e. The van der Waals surface area contributed by atoms with Gasteiger partial charge in [-0.2, -0.15) is 0 Å². The molecule has 5 heteroatoms. The van der Waals surface area contributed by atoms with Crippen molar-refractivity contribution in [3.05, 3.63) is 59.9 Å². The maximum atomic E-state index is 12.3. The molecule has 0 bridgehead atoms. The standard InChI is InChI=1S/C17H21N3O2/c1-20(13-14-6-4-3-5-7-14)17(21)16-9-8-15(12-19-16)18-10-11-22-2/h3-9,12,18H,10-11,13H2,1-2H3. The zero-order valence-electron chi connectivity index (χ0n) is 13.0. The molecule has 0 saturated carbocycles. The van der Waals surface area contributed by atoms with E-state index in [1.165, 1.54) is 0 Å². The van der Waals surface area contributed by atoms with Gasteiger partial charge < -0.3 is 15.0 Å². The van der Waals surface area contributed by atoms with E-state index < -0.39 is 0 Å². The van der Waals surface area contributed by atoms with Crippen LogP contribution >= 0.6 is 0 Å². The van der Waals surface area contributed by atoms with Crippen molar-refractivity contribution < 1.29 is 9.53 Å². The lowest BCUT2D eigenvalue weighted by Crippen LogP contribution is -2.27. The maximum Gasteiger partial charge on any atom is 0.272 e. The number of ether oxygens (including phenoxy) is 1. The zero-order chi connectivity index (χ0) is 15.8. The molecule has 0 aliphatic rings. The van der Waals surface area contributed by atoms with Crippen molar-refractivity contribution in [2.45, 2.75) is 6.54 Å². The molecule has 0 radical (unpaired) electrons. The van der Waals surface area contributed by atoms with Gasteiger partial charge in [-0.15, -0.1) is 0 Å². The van der Waals surface area contributed by atoms with E-state index in [2.05, 4.69) is 10.3 Å². The average Bonchev–Trinajstić information content (AvgIpc) is 2.56. The minimum atomic E-state index is -0.0905. The lowest BCUT2D eigenvalue weighted by molar-refractivity contribution is 0.0779. The van der Waals surface area contributed by atoms with E-state index >= 15 is 0 Å². The van der Waals surface area contributed by atoms with Gasteiger partial charge >= 0.3 is 0 Å². The second-order valence-corrected chi connectivity index (χ2v) is 5.00. The number of carbonyl (C=O) groups excluding carboxylic acids is 1. The number of hydrogen-bond donors (Lipinski definition) is 1. The van der Waals surface area contributed by atoms with E-state index in [9.17, 15) is 4.79 Å². The number of methoxy groups -OCH3 is 1. The van der Waals surface area contributed by atoms with E-state index in [1.807, 2.05) is 36.4 Å². The number of rotatable bonds is 7. The number of amides is 1. The van der Waals surface area contributed by atoms with Gasteiger partial charge in [-0.05, 0) is 17.7 Å². The molecule has 1 heterocycles. The first-order valence-electron chi connectivity index (χ1n) is 7.19. The van der Waals surface area contributed by atoms with Gasteiger partial charge in [0.1, 0.15) is 5.69 Å². The third-order valence-corrected chi connectivity index (χ3v) is 3.23. The Balaban J connectivity index is 1.94. The molecule has 5 nitrogen and oxygen atoms in total. The molecule has 1 aromatic heterocycles. The fraction of sp³-hybridized carbons (Fsp3) is 0.294. The molecule has 22 heavy (non-hydrogen) atoms. The average molecular weight is 299 g/mol. The summed E-state index contributed by atoms with van der Waals surface area (Å²) in [6, 6.07) is 13.5. The topological polar surface area (TPSA) is 54.5 Å². The molecule has 2 rings (SSSR count). The van der Waals surface area contributed by atoms with Crippen LogP contribution in [0, 0.1) is 0 Å². The summed E-state index contributed by atoms with van der Waals surface area (Å²) in [5.41, 5.74) is 2.41. The molecule has 0 atom stereocenters. The summed E-state index contributed by atoms with van der Waals surface area (Å²) >= 11 is 0. The number of carbonyl (C=O) groups is 1. The molecule has 0 spiro atoms. The van der Waals surface area contributed by atoms with Gasteiger partial charge in [-0.1, -0.05) is 30.3 Å². The summed E-state index contributed by atoms with van der Waals surface area (Å²) < 4.78 is 4.97. The first-order valence-corrected chi connectivity index (χ1v) is 7.19. The number of hydrogen-bond acceptors (Lipinski definition) is 4. The normalized spacial score (nSPS) is 10.3. The molecule has 0 unspecified atom stereocenters. The van der Waals surface area contributed by atoms with Gasteiger partial charge in [0.05, 0.1) is 18.5 Å². The van der Waals surface area contributed by atoms with Crippen LogP contribution in [0.2, 0.25) is 0 Å². The van der Waals surface area contributed by atoms with Crippen molar-refractivity contribution in [1.82, 2.24) is 9.88 Å². The molecule has 116 valence electrons. The number of benzene rings is 1. The monoisotopic (exact) mass is 299 g/mol. The highest BCUT2D eigenvalue weighted by molar-refractivity contribution is 5.92. The van der Waals surface area contributed by atoms with Crippen molar-refractivity contribution in [2.75, 3.05) is 32.6 Å². The second-order valence-electron chi connectivity index (χ2n) is 5.00. The van der Waals surface area contributed by atoms with Crippen LogP contribution in [0.1, 0.15) is 16.1 Å². The fourth-order valence-corrected chi connectivity index (χ4v) is 2.05. The van der Waals surface area contributed by atoms with Crippen molar-refractivity contribution in [1.29, 1.82) is 0 Å². The smallest absolute Gasteiger partial charge is 0.272 e. The molecule has 0 aliphatic carbocycles. The Bertz CT molecular complexity index is 585. The third-order valence-electron chi connectivity index (χ3n) is 3.23. The second kappa shape index (κ2) is 8.14. The number of anilines is 1. The molecule has 0 fully saturated rings. The molecule has 1 N–H and O–H groups in total. The summed E-state index contributed by atoms with van der Waals surface area (Å²) in [7, 11) is 3.44. The van der Waals surface area contributed by atoms with E-state index in [0.29, 0.717) is 25.4 Å². The Kier molecular flexibility index (Phi) is 5.91. The van der Waals surface area contributed by atoms with Gasteiger partial charge in [-0.25, -0.2) is 4.98 Å². The molecule has 0 saturated heterocycles. The van der Waals surface area contributed by atoms with Crippen LogP contribution in [0.4, 0.5) is 5.69 Å². The Hall–Kier alpha value is -2.40. The first kappa shape index (κ1) is 16.0. The minimum absolute atomic E-state index is 0.0905. The summed E-state index contributed by atoms with van der Waals surface area (Å²) in [5.74, 6) is -0.0905. The van der Waals surface area contributed by atoms with Crippen LogP contribution in [0.15, 0.2) is 48.7 Å². The lowest BCUT2D eigenvalue weighted by atomic mass is 10.2. The van der Waals surface area contributed by atoms with Gasteiger partial charge in [0.15, 0.2) is 0 Å². The Morgan fingerprint density at radius 2 is 2.00 bits per heavy atom. The number of nitrogens with one attached hydrogen (secondary N) is 1. The van der Waals surface area contributed by atoms with Gasteiger partial charge in [0.2, 0.25) is 0 Å². The lowest BCUT2D eigenvalue weighted by Gasteiger charge is -2.17. The quantitative estimate of drug-likeness (QED) is 0.798. The minimum Gasteiger partial charge on any atom is -0.383 e. The summed E-state index contributed by atoms with van der Waals surface area (Å²) in [5, 5.41) is 3.17. The molecule has 1 amide bonds. The van der Waals surface area contributed by atoms with Crippen LogP contribution in [0.5, 0.6) is 0 Å². The fourth-order valence-electron chi connectivity index (χ4n) is 2.05. The summed E-state index contributed by atoms with van der Waals surface area (Å²) in [6.45, 7) is 1.90. The van der Waals surface area contributed by atoms with Gasteiger partial charge in [0.25, 0.3) is 5.91 Å². The Labute approximate surface area is 130 Å². The van der Waals surface area contributed by atoms with E-state index in [1.54, 1.807) is 31.3 Å². The van der Waals surface area contributed by atoms with Crippen LogP contribution in [0.25, 0.3) is 0 Å². The highest BCUT2D eigenvalue weighted by Gasteiger charge is 2.13. The Morgan fingerprint density at radius 1 is 1.23 bits per heavy atom. The molecule has 0 aliphatic heterocycles. The van der Waals surface area contributed by atoms with E-state index in [4.69, 9.17) is 4.74 Å². The first-order chi connectivity index (χ1) is 10.7. The maximum absolute atomic E-state index is 12.3. The zero-order valence-corrected chi connectivity index (χ0v) is 13.0. The predicted octanol–water partition coefficient (Wildman–Crippen LogP) is 2.41. The Morgan fingerprint density at radius 3 is 2.64 bits per heavy atom. The van der Waals surface area contributed by atoms with Crippen molar-refractivity contribution in [3.63, 3.8) is 0 Å². The van der Waals surface area contributed by atoms with Crippen LogP contribution in [-0.2, 0) is 11.3 Å². The predicted molar refractivity (Wildman–Crippen MR) is 86.8 cm³/mol. The number of pyridine rings is 1. The van der Waals surface area contributed by atoms with Crippen LogP contribution in [0.3, 0.4) is 0 Å². The number of aromatic nitrogens is 1. The molecular weight excluding hydrogens is 278 g/mol. The SMILES string of the molecule is COCCNc1ccc(C(=O)N(C)Cc2ccccc2)nc1. The highest BCUT2D eigenvalue weighted by Crippen LogP contribution is 2.10. The molecule has 1 aromatic carbocycles. The van der Waals surface area contributed by atoms with Gasteiger partial charge in [0, 0.05) is 27.2 Å². The van der Waals surface area contributed by atoms with Crippen LogP contribution in [-0.4, -0.2) is 43.1 Å².